The molecule has 0 spiro atoms. The summed E-state index contributed by atoms with van der Waals surface area (Å²) in [6.45, 7) is 11.2. The van der Waals surface area contributed by atoms with Crippen molar-refractivity contribution < 1.29 is 95.7 Å². The molecule has 28 nitrogen and oxygen atoms in total. The first-order chi connectivity index (χ1) is 46.4. The molecule has 0 aromatic heterocycles. The molecule has 0 aliphatic rings. The number of carbonyl (C=O) groups excluding carboxylic acids is 16. The lowest BCUT2D eigenvalue weighted by atomic mass is 10.1. The standard InChI is InChI=1S/3C17H22N2O5S.C16H20N2O5S/c3*1-11(20)9-13-5-7-14(8-6-13)24-17(23)25-10-15(18-12(2)21)16(22)19(3)4;1-10(19)8-12-4-6-13(7-5-12)23-16(22)24-9-14(15(21)17-3)18-11(2)20/h3*5-8,15H,9-10H2,1-4H3,(H,18,21);4-7,14H,8-9H2,1-3H3,(H,17,21)(H,18,20)/t15-;;;14-/m0..0/s1. The molecule has 0 heterocycles. The fourth-order valence-corrected chi connectivity index (χ4v) is 10.5. The number of Topliss-reactive ketones (excluding diaryl/α,β-unsaturated/α-hetero) is 4. The van der Waals surface area contributed by atoms with Gasteiger partial charge in [-0.3, -0.25) is 57.5 Å². The van der Waals surface area contributed by atoms with E-state index in [0.29, 0.717) is 48.7 Å². The Bertz CT molecular complexity index is 3170. The SMILES string of the molecule is CC(=O)Cc1ccc(OC(=O)SCC(NC(C)=O)C(=O)N(C)C)cc1.CC(=O)Cc1ccc(OC(=O)SCC(NC(C)=O)C(=O)N(C)C)cc1.CC(=O)Cc1ccc(OC(=O)SC[C@H](NC(C)=O)C(=O)N(C)C)cc1.CNC(=O)[C@H](CSC(=O)Oc1ccc(CC(C)=O)cc1)NC(C)=O. The molecular formula is C67H86N8O20S4. The van der Waals surface area contributed by atoms with E-state index in [9.17, 15) is 76.7 Å². The molecule has 5 N–H and O–H groups in total. The second-order valence-corrected chi connectivity index (χ2v) is 25.9. The highest BCUT2D eigenvalue weighted by molar-refractivity contribution is 8.14. The molecule has 8 amide bonds. The van der Waals surface area contributed by atoms with Crippen LogP contribution in [-0.2, 0) is 83.2 Å². The molecule has 4 aromatic carbocycles. The van der Waals surface area contributed by atoms with Gasteiger partial charge in [0, 0.05) is 126 Å². The number of ether oxygens (including phenoxy) is 4. The van der Waals surface area contributed by atoms with Crippen LogP contribution in [0.25, 0.3) is 0 Å². The average Bonchev–Trinajstić information content (AvgIpc) is 1.24. The van der Waals surface area contributed by atoms with Gasteiger partial charge in [0.25, 0.3) is 0 Å². The van der Waals surface area contributed by atoms with Gasteiger partial charge < -0.3 is 60.2 Å². The first-order valence-corrected chi connectivity index (χ1v) is 34.0. The number of carbonyl (C=O) groups is 16. The first-order valence-electron chi connectivity index (χ1n) is 30.0. The Balaban J connectivity index is 0.000000660. The summed E-state index contributed by atoms with van der Waals surface area (Å²) in [6.07, 6.45) is 1.31. The molecule has 0 saturated carbocycles. The topological polar surface area (TPSA) is 380 Å². The fraction of sp³-hybridized carbons (Fsp3) is 0.403. The monoisotopic (exact) mass is 1450 g/mol. The summed E-state index contributed by atoms with van der Waals surface area (Å²) in [6, 6.07) is 23.3. The van der Waals surface area contributed by atoms with E-state index in [-0.39, 0.29) is 93.4 Å². The molecule has 99 heavy (non-hydrogen) atoms. The van der Waals surface area contributed by atoms with Crippen molar-refractivity contribution in [2.24, 2.45) is 0 Å². The van der Waals surface area contributed by atoms with E-state index in [4.69, 9.17) is 18.9 Å². The van der Waals surface area contributed by atoms with Crippen LogP contribution < -0.4 is 45.5 Å². The fourth-order valence-electron chi connectivity index (χ4n) is 7.76. The molecule has 0 radical (unpaired) electrons. The number of ketones is 4. The van der Waals surface area contributed by atoms with Crippen molar-refractivity contribution >= 4 is 139 Å². The number of amides is 8. The number of nitrogens with one attached hydrogen (secondary N) is 5. The Morgan fingerprint density at radius 2 is 0.495 bits per heavy atom. The van der Waals surface area contributed by atoms with Crippen LogP contribution in [0, 0.1) is 0 Å². The molecule has 0 aliphatic heterocycles. The van der Waals surface area contributed by atoms with Crippen LogP contribution in [0.15, 0.2) is 97.1 Å². The van der Waals surface area contributed by atoms with Gasteiger partial charge in [-0.15, -0.1) is 0 Å². The van der Waals surface area contributed by atoms with Gasteiger partial charge in [-0.25, -0.2) is 19.2 Å². The summed E-state index contributed by atoms with van der Waals surface area (Å²) in [5.41, 5.74) is 3.34. The number of hydrogen-bond donors (Lipinski definition) is 5. The summed E-state index contributed by atoms with van der Waals surface area (Å²) in [5.74, 6) is -0.868. The highest BCUT2D eigenvalue weighted by Crippen LogP contribution is 2.22. The number of rotatable bonds is 28. The van der Waals surface area contributed by atoms with E-state index >= 15 is 0 Å². The third kappa shape index (κ3) is 40.2. The molecule has 2 unspecified atom stereocenters. The zero-order valence-corrected chi connectivity index (χ0v) is 61.1. The summed E-state index contributed by atoms with van der Waals surface area (Å²) >= 11 is 3.20. The number of hydrogen-bond acceptors (Lipinski definition) is 24. The Labute approximate surface area is 592 Å². The number of likely N-dealkylation sites (N-methyl/N-ethyl adjacent to an activating group) is 4. The van der Waals surface area contributed by atoms with E-state index in [1.165, 1.54) is 77.1 Å². The van der Waals surface area contributed by atoms with Gasteiger partial charge in [0.15, 0.2) is 0 Å². The van der Waals surface area contributed by atoms with Crippen molar-refractivity contribution in [2.45, 2.75) is 105 Å². The minimum atomic E-state index is -0.817. The predicted octanol–water partition coefficient (Wildman–Crippen LogP) is 6.23. The van der Waals surface area contributed by atoms with Crippen LogP contribution in [0.2, 0.25) is 0 Å². The molecule has 538 valence electrons. The van der Waals surface area contributed by atoms with Gasteiger partial charge in [-0.2, -0.15) is 0 Å². The smallest absolute Gasteiger partial charge is 0.372 e. The van der Waals surface area contributed by atoms with Crippen LogP contribution in [0.1, 0.15) is 77.6 Å². The molecule has 4 aromatic rings. The Morgan fingerprint density at radius 3 is 0.657 bits per heavy atom. The maximum absolute atomic E-state index is 12.0. The van der Waals surface area contributed by atoms with Gasteiger partial charge in [-0.05, 0) is 146 Å². The van der Waals surface area contributed by atoms with Gasteiger partial charge in [0.05, 0.1) is 0 Å². The van der Waals surface area contributed by atoms with Gasteiger partial charge in [0.1, 0.15) is 70.3 Å². The maximum atomic E-state index is 12.0. The second kappa shape index (κ2) is 46.7. The molecular weight excluding hydrogens is 1370 g/mol. The van der Waals surface area contributed by atoms with E-state index < -0.39 is 45.4 Å². The quantitative estimate of drug-likeness (QED) is 0.0393. The summed E-state index contributed by atoms with van der Waals surface area (Å²) in [5, 5.41) is 10.1. The van der Waals surface area contributed by atoms with E-state index in [2.05, 4.69) is 26.6 Å². The molecule has 4 atom stereocenters. The van der Waals surface area contributed by atoms with Crippen LogP contribution in [0.5, 0.6) is 23.0 Å². The van der Waals surface area contributed by atoms with Gasteiger partial charge in [-0.1, -0.05) is 48.5 Å². The van der Waals surface area contributed by atoms with Crippen molar-refractivity contribution in [1.29, 1.82) is 0 Å². The van der Waals surface area contributed by atoms with E-state index in [1.54, 1.807) is 139 Å². The Hall–Kier alpha value is -9.40. The highest BCUT2D eigenvalue weighted by Gasteiger charge is 2.27. The van der Waals surface area contributed by atoms with Crippen LogP contribution in [0.3, 0.4) is 0 Å². The van der Waals surface area contributed by atoms with Crippen LogP contribution in [0.4, 0.5) is 19.2 Å². The number of thioether (sulfide) groups is 4. The first kappa shape index (κ1) is 87.6. The molecule has 32 heteroatoms. The Kier molecular flexibility index (Phi) is 41.4. The van der Waals surface area contributed by atoms with Crippen LogP contribution >= 0.6 is 47.0 Å². The van der Waals surface area contributed by atoms with Crippen LogP contribution in [-0.4, -0.2) is 203 Å². The predicted molar refractivity (Wildman–Crippen MR) is 378 cm³/mol. The van der Waals surface area contributed by atoms with Crippen molar-refractivity contribution in [3.05, 3.63) is 119 Å². The normalized spacial score (nSPS) is 11.3. The van der Waals surface area contributed by atoms with E-state index in [1.807, 2.05) is 0 Å². The maximum Gasteiger partial charge on any atom is 0.372 e. The third-order valence-corrected chi connectivity index (χ3v) is 15.3. The minimum Gasteiger partial charge on any atom is -0.418 e. The van der Waals surface area contributed by atoms with Crippen molar-refractivity contribution in [2.75, 3.05) is 72.3 Å². The zero-order valence-electron chi connectivity index (χ0n) is 57.8. The summed E-state index contributed by atoms with van der Waals surface area (Å²) in [7, 11) is 10.9. The minimum absolute atomic E-state index is 0.0496. The summed E-state index contributed by atoms with van der Waals surface area (Å²) in [4.78, 5) is 188. The third-order valence-electron chi connectivity index (χ3n) is 12.1. The molecule has 4 rings (SSSR count). The zero-order chi connectivity index (χ0) is 75.1. The highest BCUT2D eigenvalue weighted by atomic mass is 32.2. The van der Waals surface area contributed by atoms with Crippen molar-refractivity contribution in [3.63, 3.8) is 0 Å². The average molecular weight is 1450 g/mol. The molecule has 0 bridgehead atoms. The molecule has 0 aliphatic carbocycles. The van der Waals surface area contributed by atoms with E-state index in [0.717, 1.165) is 69.3 Å². The second-order valence-electron chi connectivity index (χ2n) is 22.1. The van der Waals surface area contributed by atoms with Gasteiger partial charge in [0.2, 0.25) is 47.3 Å². The van der Waals surface area contributed by atoms with Crippen molar-refractivity contribution in [3.8, 4) is 23.0 Å². The lowest BCUT2D eigenvalue weighted by Gasteiger charge is -2.20. The largest absolute Gasteiger partial charge is 0.418 e. The molecule has 0 saturated heterocycles. The molecule has 0 fully saturated rings. The number of nitrogens with zero attached hydrogens (tertiary/aromatic N) is 3. The van der Waals surface area contributed by atoms with Crippen molar-refractivity contribution in [1.82, 2.24) is 41.3 Å². The number of benzene rings is 4. The lowest BCUT2D eigenvalue weighted by molar-refractivity contribution is -0.133. The Morgan fingerprint density at radius 1 is 0.313 bits per heavy atom. The summed E-state index contributed by atoms with van der Waals surface area (Å²) < 4.78 is 20.7. The lowest BCUT2D eigenvalue weighted by Crippen LogP contribution is -2.47. The van der Waals surface area contributed by atoms with Gasteiger partial charge >= 0.3 is 21.2 Å².